The molecule has 0 radical (unpaired) electrons. The summed E-state index contributed by atoms with van der Waals surface area (Å²) < 4.78 is 13.4. The molecule has 0 aliphatic heterocycles. The zero-order valence-corrected chi connectivity index (χ0v) is 10.1. The standard InChI is InChI=1S/C13H15FN2O2/c1-8-2-5-11(14)9(6-8)3-4-10(15)7-12(17)13(16)18/h2,5-7H,3-4,15H2,1H3,(H2,16,18)/b10-7-. The van der Waals surface area contributed by atoms with Crippen LogP contribution in [-0.2, 0) is 16.0 Å². The molecule has 0 fully saturated rings. The first kappa shape index (κ1) is 13.9. The van der Waals surface area contributed by atoms with Gasteiger partial charge in [0.1, 0.15) is 5.82 Å². The topological polar surface area (TPSA) is 86.2 Å². The summed E-state index contributed by atoms with van der Waals surface area (Å²) in [6.07, 6.45) is 1.64. The van der Waals surface area contributed by atoms with Gasteiger partial charge in [-0.05, 0) is 31.4 Å². The van der Waals surface area contributed by atoms with Crippen molar-refractivity contribution in [3.05, 3.63) is 46.9 Å². The highest BCUT2D eigenvalue weighted by Crippen LogP contribution is 2.13. The van der Waals surface area contributed by atoms with Crippen molar-refractivity contribution in [1.82, 2.24) is 0 Å². The van der Waals surface area contributed by atoms with E-state index in [1.165, 1.54) is 6.07 Å². The molecule has 0 saturated carbocycles. The van der Waals surface area contributed by atoms with E-state index in [2.05, 4.69) is 0 Å². The summed E-state index contributed by atoms with van der Waals surface area (Å²) >= 11 is 0. The maximum Gasteiger partial charge on any atom is 0.289 e. The van der Waals surface area contributed by atoms with Crippen LogP contribution in [0, 0.1) is 12.7 Å². The van der Waals surface area contributed by atoms with Gasteiger partial charge in [-0.15, -0.1) is 0 Å². The largest absolute Gasteiger partial charge is 0.402 e. The highest BCUT2D eigenvalue weighted by atomic mass is 19.1. The first-order valence-electron chi connectivity index (χ1n) is 5.45. The highest BCUT2D eigenvalue weighted by Gasteiger charge is 2.07. The molecule has 0 heterocycles. The van der Waals surface area contributed by atoms with Crippen LogP contribution in [0.4, 0.5) is 4.39 Å². The average molecular weight is 250 g/mol. The third-order valence-electron chi connectivity index (χ3n) is 2.44. The molecule has 5 heteroatoms. The highest BCUT2D eigenvalue weighted by molar-refractivity contribution is 6.40. The number of hydrogen-bond donors (Lipinski definition) is 2. The normalized spacial score (nSPS) is 11.3. The number of carbonyl (C=O) groups excluding carboxylic acids is 2. The fourth-order valence-corrected chi connectivity index (χ4v) is 1.49. The van der Waals surface area contributed by atoms with Crippen LogP contribution in [0.25, 0.3) is 0 Å². The van der Waals surface area contributed by atoms with E-state index in [1.54, 1.807) is 12.1 Å². The molecule has 96 valence electrons. The monoisotopic (exact) mass is 250 g/mol. The van der Waals surface area contributed by atoms with E-state index in [0.717, 1.165) is 11.6 Å². The van der Waals surface area contributed by atoms with Crippen LogP contribution in [0.15, 0.2) is 30.0 Å². The molecule has 0 spiro atoms. The van der Waals surface area contributed by atoms with Crippen molar-refractivity contribution >= 4 is 11.7 Å². The van der Waals surface area contributed by atoms with Crippen LogP contribution >= 0.6 is 0 Å². The SMILES string of the molecule is Cc1ccc(F)c(CC/C(N)=C/C(=O)C(N)=O)c1. The zero-order valence-electron chi connectivity index (χ0n) is 10.1. The molecule has 4 N–H and O–H groups in total. The number of carbonyl (C=O) groups is 2. The number of rotatable bonds is 5. The van der Waals surface area contributed by atoms with E-state index < -0.39 is 11.7 Å². The van der Waals surface area contributed by atoms with Crippen molar-refractivity contribution in [2.75, 3.05) is 0 Å². The van der Waals surface area contributed by atoms with Gasteiger partial charge in [0.15, 0.2) is 0 Å². The van der Waals surface area contributed by atoms with Crippen LogP contribution in [0.5, 0.6) is 0 Å². The predicted molar refractivity (Wildman–Crippen MR) is 65.9 cm³/mol. The summed E-state index contributed by atoms with van der Waals surface area (Å²) in [5.41, 5.74) is 12.0. The number of primary amides is 1. The van der Waals surface area contributed by atoms with Crippen molar-refractivity contribution in [3.63, 3.8) is 0 Å². The molecule has 4 nitrogen and oxygen atoms in total. The summed E-state index contributed by atoms with van der Waals surface area (Å²) in [5, 5.41) is 0. The first-order valence-corrected chi connectivity index (χ1v) is 5.45. The van der Waals surface area contributed by atoms with E-state index in [-0.39, 0.29) is 11.5 Å². The minimum atomic E-state index is -1.06. The molecule has 0 saturated heterocycles. The Labute approximate surface area is 104 Å². The zero-order chi connectivity index (χ0) is 13.7. The lowest BCUT2D eigenvalue weighted by molar-refractivity contribution is -0.133. The van der Waals surface area contributed by atoms with Crippen LogP contribution < -0.4 is 11.5 Å². The second-order valence-corrected chi connectivity index (χ2v) is 4.04. The second-order valence-electron chi connectivity index (χ2n) is 4.04. The molecular weight excluding hydrogens is 235 g/mol. The van der Waals surface area contributed by atoms with Gasteiger partial charge < -0.3 is 11.5 Å². The molecule has 1 aromatic carbocycles. The van der Waals surface area contributed by atoms with Gasteiger partial charge in [-0.2, -0.15) is 0 Å². The van der Waals surface area contributed by atoms with Gasteiger partial charge in [-0.1, -0.05) is 17.7 Å². The molecule has 0 aliphatic carbocycles. The summed E-state index contributed by atoms with van der Waals surface area (Å²) in [4.78, 5) is 21.5. The third-order valence-corrected chi connectivity index (χ3v) is 2.44. The number of benzene rings is 1. The van der Waals surface area contributed by atoms with Crippen molar-refractivity contribution in [2.45, 2.75) is 19.8 Å². The van der Waals surface area contributed by atoms with Gasteiger partial charge in [0.05, 0.1) is 0 Å². The Balaban J connectivity index is 2.68. The smallest absolute Gasteiger partial charge is 0.289 e. The van der Waals surface area contributed by atoms with Crippen LogP contribution in [0.1, 0.15) is 17.5 Å². The Morgan fingerprint density at radius 1 is 1.33 bits per heavy atom. The lowest BCUT2D eigenvalue weighted by Crippen LogP contribution is -2.22. The minimum Gasteiger partial charge on any atom is -0.402 e. The fraction of sp³-hybridized carbons (Fsp3) is 0.231. The quantitative estimate of drug-likeness (QED) is 0.603. The lowest BCUT2D eigenvalue weighted by Gasteiger charge is -2.04. The Hall–Kier alpha value is -2.17. The Morgan fingerprint density at radius 3 is 2.61 bits per heavy atom. The van der Waals surface area contributed by atoms with Gasteiger partial charge in [0, 0.05) is 11.8 Å². The van der Waals surface area contributed by atoms with Crippen molar-refractivity contribution in [1.29, 1.82) is 0 Å². The summed E-state index contributed by atoms with van der Waals surface area (Å²) in [6, 6.07) is 4.78. The van der Waals surface area contributed by atoms with Gasteiger partial charge in [0.2, 0.25) is 5.78 Å². The number of hydrogen-bond acceptors (Lipinski definition) is 3. The number of aryl methyl sites for hydroxylation is 2. The average Bonchev–Trinajstić information content (AvgIpc) is 2.30. The molecule has 1 amide bonds. The Kier molecular flexibility index (Phi) is 4.59. The number of amides is 1. The van der Waals surface area contributed by atoms with E-state index in [0.29, 0.717) is 18.4 Å². The van der Waals surface area contributed by atoms with Gasteiger partial charge in [-0.3, -0.25) is 9.59 Å². The van der Waals surface area contributed by atoms with Crippen molar-refractivity contribution in [2.24, 2.45) is 11.5 Å². The molecule has 0 aliphatic rings. The number of ketones is 1. The van der Waals surface area contributed by atoms with E-state index in [9.17, 15) is 14.0 Å². The number of nitrogens with two attached hydrogens (primary N) is 2. The van der Waals surface area contributed by atoms with Crippen molar-refractivity contribution in [3.8, 4) is 0 Å². The molecule has 1 aromatic rings. The van der Waals surface area contributed by atoms with Gasteiger partial charge in [0.25, 0.3) is 5.91 Å². The molecule has 0 bridgehead atoms. The Bertz CT molecular complexity index is 510. The molecule has 0 unspecified atom stereocenters. The summed E-state index contributed by atoms with van der Waals surface area (Å²) in [7, 11) is 0. The molecule has 1 rings (SSSR count). The first-order chi connectivity index (χ1) is 8.40. The predicted octanol–water partition coefficient (Wildman–Crippen LogP) is 0.964. The second kappa shape index (κ2) is 5.95. The summed E-state index contributed by atoms with van der Waals surface area (Å²) in [5.74, 6) is -2.22. The molecule has 0 aromatic heterocycles. The van der Waals surface area contributed by atoms with Gasteiger partial charge >= 0.3 is 0 Å². The fourth-order valence-electron chi connectivity index (χ4n) is 1.49. The number of halogens is 1. The summed E-state index contributed by atoms with van der Waals surface area (Å²) in [6.45, 7) is 1.86. The number of allylic oxidation sites excluding steroid dienone is 1. The van der Waals surface area contributed by atoms with Gasteiger partial charge in [-0.25, -0.2) is 4.39 Å². The van der Waals surface area contributed by atoms with E-state index in [4.69, 9.17) is 11.5 Å². The molecule has 0 atom stereocenters. The van der Waals surface area contributed by atoms with Crippen molar-refractivity contribution < 1.29 is 14.0 Å². The maximum atomic E-state index is 13.4. The third kappa shape index (κ3) is 4.01. The van der Waals surface area contributed by atoms with E-state index in [1.807, 2.05) is 6.92 Å². The maximum absolute atomic E-state index is 13.4. The molecule has 18 heavy (non-hydrogen) atoms. The minimum absolute atomic E-state index is 0.208. The Morgan fingerprint density at radius 2 is 2.00 bits per heavy atom. The van der Waals surface area contributed by atoms with Crippen LogP contribution in [0.2, 0.25) is 0 Å². The van der Waals surface area contributed by atoms with Crippen LogP contribution in [0.3, 0.4) is 0 Å². The van der Waals surface area contributed by atoms with E-state index >= 15 is 0 Å². The molecular formula is C13H15FN2O2. The lowest BCUT2D eigenvalue weighted by atomic mass is 10.0. The van der Waals surface area contributed by atoms with Crippen LogP contribution in [-0.4, -0.2) is 11.7 Å².